The fraction of sp³-hybridized carbons (Fsp3) is 0.111. The van der Waals surface area contributed by atoms with E-state index in [2.05, 4.69) is 22.6 Å². The summed E-state index contributed by atoms with van der Waals surface area (Å²) in [4.78, 5) is 26.0. The Balaban J connectivity index is 1.83. The van der Waals surface area contributed by atoms with Crippen LogP contribution in [0.5, 0.6) is 5.75 Å². The first-order chi connectivity index (χ1) is 12.0. The fourth-order valence-electron chi connectivity index (χ4n) is 2.36. The number of hydrogen-bond acceptors (Lipinski definition) is 4. The maximum atomic E-state index is 13.8. The summed E-state index contributed by atoms with van der Waals surface area (Å²) in [7, 11) is 1.59. The number of methoxy groups -OCH3 is 1. The van der Waals surface area contributed by atoms with Crippen molar-refractivity contribution in [1.29, 1.82) is 0 Å². The molecular weight excluding hydrogens is 456 g/mol. The van der Waals surface area contributed by atoms with Crippen molar-refractivity contribution < 1.29 is 18.7 Å². The molecule has 0 bridgehead atoms. The van der Waals surface area contributed by atoms with Crippen LogP contribution in [-0.4, -0.2) is 23.2 Å². The SMILES string of the molecule is COc1ccc(/C=C2\SC(=O)N(Cc3ccccc3F)C2=O)cc1I. The lowest BCUT2D eigenvalue weighted by Crippen LogP contribution is -2.27. The molecule has 25 heavy (non-hydrogen) atoms. The predicted molar refractivity (Wildman–Crippen MR) is 104 cm³/mol. The highest BCUT2D eigenvalue weighted by atomic mass is 127. The zero-order valence-electron chi connectivity index (χ0n) is 13.2. The summed E-state index contributed by atoms with van der Waals surface area (Å²) in [5.74, 6) is -0.107. The summed E-state index contributed by atoms with van der Waals surface area (Å²) in [6.45, 7) is -0.0746. The zero-order valence-corrected chi connectivity index (χ0v) is 16.1. The summed E-state index contributed by atoms with van der Waals surface area (Å²) in [5.41, 5.74) is 1.10. The molecule has 1 saturated heterocycles. The average Bonchev–Trinajstić information content (AvgIpc) is 2.84. The zero-order chi connectivity index (χ0) is 18.0. The van der Waals surface area contributed by atoms with Gasteiger partial charge in [0.1, 0.15) is 11.6 Å². The van der Waals surface area contributed by atoms with Gasteiger partial charge in [-0.05, 0) is 64.2 Å². The second-order valence-corrected chi connectivity index (χ2v) is 7.41. The number of benzene rings is 2. The van der Waals surface area contributed by atoms with Crippen molar-refractivity contribution in [2.24, 2.45) is 0 Å². The molecule has 4 nitrogen and oxygen atoms in total. The molecule has 2 aromatic rings. The Morgan fingerprint density at radius 3 is 2.68 bits per heavy atom. The van der Waals surface area contributed by atoms with Crippen LogP contribution >= 0.6 is 34.4 Å². The van der Waals surface area contributed by atoms with Gasteiger partial charge in [0, 0.05) is 5.56 Å². The number of ether oxygens (including phenoxy) is 1. The second kappa shape index (κ2) is 7.57. The van der Waals surface area contributed by atoms with E-state index in [4.69, 9.17) is 4.74 Å². The lowest BCUT2D eigenvalue weighted by Gasteiger charge is -2.12. The van der Waals surface area contributed by atoms with Gasteiger partial charge in [-0.15, -0.1) is 0 Å². The van der Waals surface area contributed by atoms with Gasteiger partial charge in [-0.3, -0.25) is 14.5 Å². The van der Waals surface area contributed by atoms with Crippen molar-refractivity contribution >= 4 is 51.6 Å². The van der Waals surface area contributed by atoms with E-state index in [1.807, 2.05) is 12.1 Å². The molecule has 1 aliphatic rings. The van der Waals surface area contributed by atoms with Gasteiger partial charge >= 0.3 is 0 Å². The van der Waals surface area contributed by atoms with E-state index in [0.29, 0.717) is 10.5 Å². The summed E-state index contributed by atoms with van der Waals surface area (Å²) < 4.78 is 19.9. The summed E-state index contributed by atoms with van der Waals surface area (Å²) in [6, 6.07) is 11.6. The van der Waals surface area contributed by atoms with Gasteiger partial charge in [0.15, 0.2) is 0 Å². The van der Waals surface area contributed by atoms with E-state index < -0.39 is 17.0 Å². The largest absolute Gasteiger partial charge is 0.496 e. The van der Waals surface area contributed by atoms with Crippen LogP contribution in [0.4, 0.5) is 9.18 Å². The number of nitrogens with zero attached hydrogens (tertiary/aromatic N) is 1. The van der Waals surface area contributed by atoms with Crippen LogP contribution in [0.3, 0.4) is 0 Å². The molecule has 0 atom stereocenters. The monoisotopic (exact) mass is 469 g/mol. The molecule has 0 unspecified atom stereocenters. The molecule has 1 heterocycles. The Morgan fingerprint density at radius 1 is 1.24 bits per heavy atom. The van der Waals surface area contributed by atoms with E-state index >= 15 is 0 Å². The third-order valence-corrected chi connectivity index (χ3v) is 5.38. The van der Waals surface area contributed by atoms with E-state index in [9.17, 15) is 14.0 Å². The van der Waals surface area contributed by atoms with Gasteiger partial charge in [-0.1, -0.05) is 24.3 Å². The molecule has 7 heteroatoms. The molecule has 2 amide bonds. The van der Waals surface area contributed by atoms with E-state index in [-0.39, 0.29) is 6.54 Å². The average molecular weight is 469 g/mol. The predicted octanol–water partition coefficient (Wildman–Crippen LogP) is 4.68. The first-order valence-electron chi connectivity index (χ1n) is 7.32. The maximum Gasteiger partial charge on any atom is 0.293 e. The number of hydrogen-bond donors (Lipinski definition) is 0. The number of halogens is 2. The molecule has 128 valence electrons. The minimum Gasteiger partial charge on any atom is -0.496 e. The van der Waals surface area contributed by atoms with Crippen molar-refractivity contribution in [2.45, 2.75) is 6.54 Å². The molecule has 2 aromatic carbocycles. The van der Waals surface area contributed by atoms with Crippen molar-refractivity contribution in [3.05, 3.63) is 67.9 Å². The third-order valence-electron chi connectivity index (χ3n) is 3.63. The number of carbonyl (C=O) groups is 2. The van der Waals surface area contributed by atoms with Crippen molar-refractivity contribution in [3.63, 3.8) is 0 Å². The molecule has 0 aromatic heterocycles. The minimum atomic E-state index is -0.435. The number of rotatable bonds is 4. The molecule has 0 aliphatic carbocycles. The summed E-state index contributed by atoms with van der Waals surface area (Å²) >= 11 is 3.00. The first-order valence-corrected chi connectivity index (χ1v) is 9.21. The van der Waals surface area contributed by atoms with Crippen LogP contribution in [-0.2, 0) is 11.3 Å². The number of thioether (sulfide) groups is 1. The van der Waals surface area contributed by atoms with Crippen LogP contribution in [0, 0.1) is 9.39 Å². The molecule has 0 spiro atoms. The smallest absolute Gasteiger partial charge is 0.293 e. The van der Waals surface area contributed by atoms with E-state index in [1.54, 1.807) is 37.5 Å². The highest BCUT2D eigenvalue weighted by Gasteiger charge is 2.35. The molecule has 3 rings (SSSR count). The first kappa shape index (κ1) is 17.9. The van der Waals surface area contributed by atoms with Gasteiger partial charge in [0.05, 0.1) is 22.1 Å². The van der Waals surface area contributed by atoms with Gasteiger partial charge in [0.25, 0.3) is 11.1 Å². The normalized spacial score (nSPS) is 16.0. The van der Waals surface area contributed by atoms with Crippen molar-refractivity contribution in [1.82, 2.24) is 4.90 Å². The van der Waals surface area contributed by atoms with Gasteiger partial charge in [0.2, 0.25) is 0 Å². The maximum absolute atomic E-state index is 13.8. The molecule has 1 aliphatic heterocycles. The fourth-order valence-corrected chi connectivity index (χ4v) is 3.95. The van der Waals surface area contributed by atoms with E-state index in [1.165, 1.54) is 6.07 Å². The third kappa shape index (κ3) is 3.87. The Hall–Kier alpha value is -1.87. The number of amides is 2. The Morgan fingerprint density at radius 2 is 2.00 bits per heavy atom. The molecule has 1 fully saturated rings. The molecular formula is C18H13FINO3S. The molecule has 0 N–H and O–H groups in total. The van der Waals surface area contributed by atoms with Gasteiger partial charge < -0.3 is 4.74 Å². The van der Waals surface area contributed by atoms with E-state index in [0.717, 1.165) is 31.5 Å². The Labute approximate surface area is 162 Å². The summed E-state index contributed by atoms with van der Waals surface area (Å²) in [6.07, 6.45) is 1.66. The van der Waals surface area contributed by atoms with Crippen molar-refractivity contribution in [3.8, 4) is 5.75 Å². The lowest BCUT2D eigenvalue weighted by atomic mass is 10.2. The molecule has 0 radical (unpaired) electrons. The van der Waals surface area contributed by atoms with Crippen LogP contribution < -0.4 is 4.74 Å². The topological polar surface area (TPSA) is 46.6 Å². The van der Waals surface area contributed by atoms with Crippen molar-refractivity contribution in [2.75, 3.05) is 7.11 Å². The highest BCUT2D eigenvalue weighted by molar-refractivity contribution is 14.1. The Kier molecular flexibility index (Phi) is 5.43. The second-order valence-electron chi connectivity index (χ2n) is 5.25. The van der Waals surface area contributed by atoms with Gasteiger partial charge in [-0.25, -0.2) is 4.39 Å². The van der Waals surface area contributed by atoms with Crippen LogP contribution in [0.1, 0.15) is 11.1 Å². The number of carbonyl (C=O) groups excluding carboxylic acids is 2. The van der Waals surface area contributed by atoms with Crippen LogP contribution in [0.15, 0.2) is 47.4 Å². The Bertz CT molecular complexity index is 884. The van der Waals surface area contributed by atoms with Crippen LogP contribution in [0.25, 0.3) is 6.08 Å². The minimum absolute atomic E-state index is 0.0746. The standard InChI is InChI=1S/C18H13FINO3S/c1-24-15-7-6-11(8-14(15)20)9-16-17(22)21(18(23)25-16)10-12-4-2-3-5-13(12)19/h2-9H,10H2,1H3/b16-9-. The number of imide groups is 1. The summed E-state index contributed by atoms with van der Waals surface area (Å²) in [5, 5.41) is -0.400. The molecule has 0 saturated carbocycles. The van der Waals surface area contributed by atoms with Gasteiger partial charge in [-0.2, -0.15) is 0 Å². The quantitative estimate of drug-likeness (QED) is 0.482. The highest BCUT2D eigenvalue weighted by Crippen LogP contribution is 2.34. The van der Waals surface area contributed by atoms with Crippen LogP contribution in [0.2, 0.25) is 0 Å². The lowest BCUT2D eigenvalue weighted by molar-refractivity contribution is -0.123.